The van der Waals surface area contributed by atoms with E-state index in [2.05, 4.69) is 15.6 Å². The zero-order valence-corrected chi connectivity index (χ0v) is 19.5. The molecule has 34 heavy (non-hydrogen) atoms. The SMILES string of the molecule is CC(=O)Nc1ccc(S(=O)(=O)n2c(SCC(=O)Nc3ccccc3F)nc3ccccc32)cc1. The van der Waals surface area contributed by atoms with Gasteiger partial charge >= 0.3 is 0 Å². The number of halogens is 1. The second kappa shape index (κ2) is 9.65. The zero-order valence-electron chi connectivity index (χ0n) is 17.9. The van der Waals surface area contributed by atoms with E-state index in [1.54, 1.807) is 30.3 Å². The summed E-state index contributed by atoms with van der Waals surface area (Å²) in [5.74, 6) is -1.54. The van der Waals surface area contributed by atoms with E-state index in [1.807, 2.05) is 0 Å². The van der Waals surface area contributed by atoms with Crippen LogP contribution in [0.25, 0.3) is 11.0 Å². The summed E-state index contributed by atoms with van der Waals surface area (Å²) in [6.07, 6.45) is 0. The summed E-state index contributed by atoms with van der Waals surface area (Å²) in [7, 11) is -4.08. The number of thioether (sulfide) groups is 1. The fourth-order valence-corrected chi connectivity index (χ4v) is 5.72. The molecule has 0 bridgehead atoms. The first-order valence-corrected chi connectivity index (χ1v) is 12.5. The van der Waals surface area contributed by atoms with Crippen LogP contribution >= 0.6 is 11.8 Å². The highest BCUT2D eigenvalue weighted by atomic mass is 32.2. The number of fused-ring (bicyclic) bond motifs is 1. The summed E-state index contributed by atoms with van der Waals surface area (Å²) in [6, 6.07) is 18.2. The molecule has 1 heterocycles. The third-order valence-electron chi connectivity index (χ3n) is 4.68. The van der Waals surface area contributed by atoms with E-state index in [1.165, 1.54) is 49.4 Å². The molecule has 0 fully saturated rings. The minimum atomic E-state index is -4.08. The summed E-state index contributed by atoms with van der Waals surface area (Å²) in [5.41, 5.74) is 1.29. The predicted molar refractivity (Wildman–Crippen MR) is 129 cm³/mol. The van der Waals surface area contributed by atoms with Gasteiger partial charge in [0.05, 0.1) is 27.4 Å². The normalized spacial score (nSPS) is 11.4. The van der Waals surface area contributed by atoms with E-state index in [4.69, 9.17) is 0 Å². The Labute approximate surface area is 199 Å². The van der Waals surface area contributed by atoms with Crippen molar-refractivity contribution in [1.82, 2.24) is 8.96 Å². The van der Waals surface area contributed by atoms with Crippen molar-refractivity contribution in [2.75, 3.05) is 16.4 Å². The molecule has 2 amide bonds. The second-order valence-corrected chi connectivity index (χ2v) is 9.90. The molecule has 4 rings (SSSR count). The van der Waals surface area contributed by atoms with Crippen molar-refractivity contribution in [2.24, 2.45) is 0 Å². The average molecular weight is 499 g/mol. The smallest absolute Gasteiger partial charge is 0.270 e. The number of hydrogen-bond acceptors (Lipinski definition) is 6. The van der Waals surface area contributed by atoms with Gasteiger partial charge in [0, 0.05) is 12.6 Å². The van der Waals surface area contributed by atoms with Crippen LogP contribution in [0.4, 0.5) is 15.8 Å². The first-order chi connectivity index (χ1) is 16.3. The molecule has 0 atom stereocenters. The maximum atomic E-state index is 13.8. The maximum absolute atomic E-state index is 13.8. The van der Waals surface area contributed by atoms with Crippen LogP contribution in [0.15, 0.2) is 82.8 Å². The van der Waals surface area contributed by atoms with E-state index in [9.17, 15) is 22.4 Å². The molecule has 11 heteroatoms. The van der Waals surface area contributed by atoms with Gasteiger partial charge in [0.25, 0.3) is 10.0 Å². The Morgan fingerprint density at radius 2 is 1.65 bits per heavy atom. The Morgan fingerprint density at radius 3 is 2.35 bits per heavy atom. The Hall–Kier alpha value is -3.70. The summed E-state index contributed by atoms with van der Waals surface area (Å²) >= 11 is 0.920. The van der Waals surface area contributed by atoms with Gasteiger partial charge in [-0.05, 0) is 48.5 Å². The lowest BCUT2D eigenvalue weighted by Gasteiger charge is -2.11. The van der Waals surface area contributed by atoms with Gasteiger partial charge in [0.2, 0.25) is 11.8 Å². The number of imidazole rings is 1. The quantitative estimate of drug-likeness (QED) is 0.371. The summed E-state index contributed by atoms with van der Waals surface area (Å²) < 4.78 is 41.9. The number of amides is 2. The molecule has 0 aliphatic heterocycles. The molecular formula is C23H19FN4O4S2. The fraction of sp³-hybridized carbons (Fsp3) is 0.0870. The van der Waals surface area contributed by atoms with Crippen LogP contribution in [-0.2, 0) is 19.6 Å². The topological polar surface area (TPSA) is 110 Å². The molecular weight excluding hydrogens is 479 g/mol. The number of carbonyl (C=O) groups excluding carboxylic acids is 2. The van der Waals surface area contributed by atoms with Crippen molar-refractivity contribution < 1.29 is 22.4 Å². The number of carbonyl (C=O) groups is 2. The molecule has 2 N–H and O–H groups in total. The molecule has 174 valence electrons. The van der Waals surface area contributed by atoms with Crippen molar-refractivity contribution in [3.8, 4) is 0 Å². The number of nitrogens with one attached hydrogen (secondary N) is 2. The lowest BCUT2D eigenvalue weighted by molar-refractivity contribution is -0.114. The Balaban J connectivity index is 1.64. The Morgan fingerprint density at radius 1 is 0.971 bits per heavy atom. The zero-order chi connectivity index (χ0) is 24.3. The summed E-state index contributed by atoms with van der Waals surface area (Å²) in [4.78, 5) is 28.0. The van der Waals surface area contributed by atoms with Gasteiger partial charge in [-0.15, -0.1) is 0 Å². The van der Waals surface area contributed by atoms with E-state index in [0.29, 0.717) is 16.7 Å². The Kier molecular flexibility index (Phi) is 6.66. The third kappa shape index (κ3) is 4.95. The molecule has 1 aromatic heterocycles. The Bertz CT molecular complexity index is 1480. The number of benzene rings is 3. The molecule has 0 aliphatic carbocycles. The number of hydrogen-bond donors (Lipinski definition) is 2. The summed E-state index contributed by atoms with van der Waals surface area (Å²) in [5, 5.41) is 5.15. The third-order valence-corrected chi connectivity index (χ3v) is 7.46. The molecule has 0 saturated heterocycles. The van der Waals surface area contributed by atoms with Gasteiger partial charge < -0.3 is 10.6 Å². The highest BCUT2D eigenvalue weighted by Gasteiger charge is 2.25. The van der Waals surface area contributed by atoms with Crippen LogP contribution in [0.2, 0.25) is 0 Å². The monoisotopic (exact) mass is 498 g/mol. The highest BCUT2D eigenvalue weighted by molar-refractivity contribution is 8.00. The number of aromatic nitrogens is 2. The maximum Gasteiger partial charge on any atom is 0.270 e. The van der Waals surface area contributed by atoms with Crippen LogP contribution in [-0.4, -0.2) is 34.9 Å². The molecule has 0 radical (unpaired) electrons. The van der Waals surface area contributed by atoms with E-state index < -0.39 is 21.7 Å². The number of nitrogens with zero attached hydrogens (tertiary/aromatic N) is 2. The van der Waals surface area contributed by atoms with Crippen LogP contribution < -0.4 is 10.6 Å². The first kappa shape index (κ1) is 23.5. The van der Waals surface area contributed by atoms with E-state index in [-0.39, 0.29) is 27.4 Å². The van der Waals surface area contributed by atoms with Crippen molar-refractivity contribution in [3.05, 3.63) is 78.6 Å². The molecule has 4 aromatic rings. The standard InChI is InChI=1S/C23H19FN4O4S2/c1-15(29)25-16-10-12-17(13-11-16)34(31,32)28-21-9-5-4-8-20(21)27-23(28)33-14-22(30)26-19-7-3-2-6-18(19)24/h2-13H,14H2,1H3,(H,25,29)(H,26,30). The van der Waals surface area contributed by atoms with E-state index in [0.717, 1.165) is 15.7 Å². The number of para-hydroxylation sites is 3. The van der Waals surface area contributed by atoms with Gasteiger partial charge in [-0.1, -0.05) is 36.0 Å². The molecule has 0 spiro atoms. The van der Waals surface area contributed by atoms with E-state index >= 15 is 0 Å². The largest absolute Gasteiger partial charge is 0.326 e. The van der Waals surface area contributed by atoms with Gasteiger partial charge in [-0.25, -0.2) is 21.8 Å². The molecule has 3 aromatic carbocycles. The first-order valence-electron chi connectivity index (χ1n) is 10.0. The lowest BCUT2D eigenvalue weighted by atomic mass is 10.3. The number of anilines is 2. The van der Waals surface area contributed by atoms with Gasteiger partial charge in [0.1, 0.15) is 5.82 Å². The highest BCUT2D eigenvalue weighted by Crippen LogP contribution is 2.29. The van der Waals surface area contributed by atoms with Crippen molar-refractivity contribution >= 4 is 56.0 Å². The molecule has 0 aliphatic rings. The minimum Gasteiger partial charge on any atom is -0.326 e. The predicted octanol–water partition coefficient (Wildman–Crippen LogP) is 4.10. The van der Waals surface area contributed by atoms with Crippen LogP contribution in [0, 0.1) is 5.82 Å². The van der Waals surface area contributed by atoms with Gasteiger partial charge in [-0.2, -0.15) is 0 Å². The van der Waals surface area contributed by atoms with Crippen LogP contribution in [0.1, 0.15) is 6.92 Å². The second-order valence-electron chi connectivity index (χ2n) is 7.17. The molecule has 0 unspecified atom stereocenters. The van der Waals surface area contributed by atoms with Gasteiger partial charge in [0.15, 0.2) is 5.16 Å². The van der Waals surface area contributed by atoms with Crippen molar-refractivity contribution in [2.45, 2.75) is 17.0 Å². The summed E-state index contributed by atoms with van der Waals surface area (Å²) in [6.45, 7) is 1.36. The fourth-order valence-electron chi connectivity index (χ4n) is 3.20. The van der Waals surface area contributed by atoms with Gasteiger partial charge in [-0.3, -0.25) is 9.59 Å². The number of rotatable bonds is 7. The van der Waals surface area contributed by atoms with Crippen molar-refractivity contribution in [3.63, 3.8) is 0 Å². The molecule has 0 saturated carbocycles. The minimum absolute atomic E-state index is 0.0117. The lowest BCUT2D eigenvalue weighted by Crippen LogP contribution is -2.17. The van der Waals surface area contributed by atoms with Crippen LogP contribution in [0.3, 0.4) is 0 Å². The van der Waals surface area contributed by atoms with Crippen molar-refractivity contribution in [1.29, 1.82) is 0 Å². The van der Waals surface area contributed by atoms with Crippen LogP contribution in [0.5, 0.6) is 0 Å². The molecule has 8 nitrogen and oxygen atoms in total. The average Bonchev–Trinajstić information content (AvgIpc) is 3.18.